The number of hydrogen-bond donors (Lipinski definition) is 0. The van der Waals surface area contributed by atoms with Crippen molar-refractivity contribution in [3.05, 3.63) is 23.5 Å². The highest BCUT2D eigenvalue weighted by molar-refractivity contribution is 5.87. The second kappa shape index (κ2) is 2.85. The van der Waals surface area contributed by atoms with Crippen molar-refractivity contribution in [2.45, 2.75) is 12.5 Å². The van der Waals surface area contributed by atoms with Crippen molar-refractivity contribution in [1.29, 1.82) is 0 Å². The van der Waals surface area contributed by atoms with Crippen molar-refractivity contribution in [2.75, 3.05) is 13.7 Å². The Labute approximate surface area is 82.4 Å². The van der Waals surface area contributed by atoms with Crippen LogP contribution < -0.4 is 0 Å². The van der Waals surface area contributed by atoms with Gasteiger partial charge in [0.1, 0.15) is 11.3 Å². The summed E-state index contributed by atoms with van der Waals surface area (Å²) in [6.07, 6.45) is 0. The molecule has 1 fully saturated rings. The first-order valence-corrected chi connectivity index (χ1v) is 4.47. The number of esters is 1. The number of hydrogen-bond acceptors (Lipinski definition) is 3. The van der Waals surface area contributed by atoms with Crippen LogP contribution in [0.5, 0.6) is 0 Å². The Bertz CT molecular complexity index is 377. The zero-order valence-corrected chi connectivity index (χ0v) is 8.53. The first-order valence-electron chi connectivity index (χ1n) is 4.47. The number of ether oxygens (including phenoxy) is 2. The topological polar surface area (TPSA) is 43.8 Å². The zero-order valence-electron chi connectivity index (χ0n) is 8.53. The number of epoxide rings is 1. The van der Waals surface area contributed by atoms with Gasteiger partial charge < -0.3 is 14.0 Å². The summed E-state index contributed by atoms with van der Waals surface area (Å²) >= 11 is 0. The van der Waals surface area contributed by atoms with E-state index in [2.05, 4.69) is 4.74 Å². The fraction of sp³-hybridized carbons (Fsp3) is 0.500. The lowest BCUT2D eigenvalue weighted by Crippen LogP contribution is -2.14. The van der Waals surface area contributed by atoms with E-state index in [0.717, 1.165) is 5.69 Å². The number of methoxy groups -OCH3 is 1. The van der Waals surface area contributed by atoms with Gasteiger partial charge in [-0.2, -0.15) is 0 Å². The highest BCUT2D eigenvalue weighted by Crippen LogP contribution is 2.38. The Morgan fingerprint density at radius 3 is 2.79 bits per heavy atom. The van der Waals surface area contributed by atoms with Crippen LogP contribution in [0.25, 0.3) is 0 Å². The molecule has 0 radical (unpaired) electrons. The molecule has 1 atom stereocenters. The van der Waals surface area contributed by atoms with Crippen LogP contribution in [0.4, 0.5) is 0 Å². The summed E-state index contributed by atoms with van der Waals surface area (Å²) < 4.78 is 11.8. The number of aromatic nitrogens is 1. The van der Waals surface area contributed by atoms with Gasteiger partial charge in [0.05, 0.1) is 19.4 Å². The average Bonchev–Trinajstić information content (AvgIpc) is 2.77. The van der Waals surface area contributed by atoms with Gasteiger partial charge in [-0.1, -0.05) is 0 Å². The smallest absolute Gasteiger partial charge is 0.354 e. The Balaban J connectivity index is 2.37. The molecule has 2 rings (SSSR count). The summed E-state index contributed by atoms with van der Waals surface area (Å²) in [5.74, 6) is -0.317. The molecule has 0 aromatic carbocycles. The SMILES string of the molecule is COC(=O)c1ccc(C2(C)CO2)n1C. The first kappa shape index (κ1) is 9.27. The lowest BCUT2D eigenvalue weighted by Gasteiger charge is -2.08. The van der Waals surface area contributed by atoms with Crippen LogP contribution in [-0.4, -0.2) is 24.3 Å². The molecule has 4 heteroatoms. The van der Waals surface area contributed by atoms with Crippen molar-refractivity contribution < 1.29 is 14.3 Å². The number of nitrogens with zero attached hydrogens (tertiary/aromatic N) is 1. The predicted octanol–water partition coefficient (Wildman–Crippen LogP) is 1.06. The van der Waals surface area contributed by atoms with Gasteiger partial charge >= 0.3 is 5.97 Å². The third kappa shape index (κ3) is 1.23. The maximum absolute atomic E-state index is 11.3. The Morgan fingerprint density at radius 2 is 2.29 bits per heavy atom. The van der Waals surface area contributed by atoms with Gasteiger partial charge in [-0.3, -0.25) is 0 Å². The van der Waals surface area contributed by atoms with E-state index in [1.807, 2.05) is 24.6 Å². The molecule has 4 nitrogen and oxygen atoms in total. The molecule has 1 unspecified atom stereocenters. The molecule has 0 bridgehead atoms. The molecule has 1 saturated heterocycles. The van der Waals surface area contributed by atoms with E-state index in [-0.39, 0.29) is 11.6 Å². The van der Waals surface area contributed by atoms with Crippen LogP contribution in [-0.2, 0) is 22.1 Å². The monoisotopic (exact) mass is 195 g/mol. The third-order valence-corrected chi connectivity index (χ3v) is 2.64. The average molecular weight is 195 g/mol. The van der Waals surface area contributed by atoms with Crippen LogP contribution in [0, 0.1) is 0 Å². The summed E-state index contributed by atoms with van der Waals surface area (Å²) in [5.41, 5.74) is 1.36. The van der Waals surface area contributed by atoms with Crippen molar-refractivity contribution in [3.8, 4) is 0 Å². The number of carbonyl (C=O) groups is 1. The summed E-state index contributed by atoms with van der Waals surface area (Å²) in [5, 5.41) is 0. The van der Waals surface area contributed by atoms with Crippen LogP contribution in [0.2, 0.25) is 0 Å². The van der Waals surface area contributed by atoms with Gasteiger partial charge in [0.15, 0.2) is 0 Å². The Kier molecular flexibility index (Phi) is 1.89. The third-order valence-electron chi connectivity index (χ3n) is 2.64. The second-order valence-corrected chi connectivity index (χ2v) is 3.67. The standard InChI is InChI=1S/C10H13NO3/c1-10(6-14-10)8-5-4-7(11(8)2)9(12)13-3/h4-5H,6H2,1-3H3. The minimum Gasteiger partial charge on any atom is -0.464 e. The molecule has 1 aromatic rings. The summed E-state index contributed by atoms with van der Waals surface area (Å²) in [4.78, 5) is 11.3. The van der Waals surface area contributed by atoms with Crippen molar-refractivity contribution in [1.82, 2.24) is 4.57 Å². The van der Waals surface area contributed by atoms with Crippen LogP contribution in [0.1, 0.15) is 23.1 Å². The normalized spacial score (nSPS) is 24.8. The van der Waals surface area contributed by atoms with E-state index in [1.165, 1.54) is 7.11 Å². The van der Waals surface area contributed by atoms with Crippen LogP contribution in [0.15, 0.2) is 12.1 Å². The molecule has 14 heavy (non-hydrogen) atoms. The van der Waals surface area contributed by atoms with E-state index in [1.54, 1.807) is 6.07 Å². The quantitative estimate of drug-likeness (QED) is 0.523. The molecule has 2 heterocycles. The van der Waals surface area contributed by atoms with E-state index in [9.17, 15) is 4.79 Å². The molecule has 76 valence electrons. The highest BCUT2D eigenvalue weighted by Gasteiger charge is 2.43. The molecule has 0 aliphatic carbocycles. The Hall–Kier alpha value is -1.29. The lowest BCUT2D eigenvalue weighted by molar-refractivity contribution is 0.0589. The van der Waals surface area contributed by atoms with Gasteiger partial charge in [-0.05, 0) is 19.1 Å². The molecule has 0 saturated carbocycles. The van der Waals surface area contributed by atoms with Crippen molar-refractivity contribution in [3.63, 3.8) is 0 Å². The molecular formula is C10H13NO3. The van der Waals surface area contributed by atoms with Gasteiger partial charge in [0.2, 0.25) is 0 Å². The summed E-state index contributed by atoms with van der Waals surface area (Å²) in [7, 11) is 3.22. The lowest BCUT2D eigenvalue weighted by atomic mass is 10.1. The Morgan fingerprint density at radius 1 is 1.64 bits per heavy atom. The highest BCUT2D eigenvalue weighted by atomic mass is 16.6. The number of carbonyl (C=O) groups excluding carboxylic acids is 1. The molecule has 1 aliphatic rings. The maximum atomic E-state index is 11.3. The second-order valence-electron chi connectivity index (χ2n) is 3.67. The summed E-state index contributed by atoms with van der Waals surface area (Å²) in [6.45, 7) is 2.72. The van der Waals surface area contributed by atoms with E-state index < -0.39 is 0 Å². The maximum Gasteiger partial charge on any atom is 0.354 e. The van der Waals surface area contributed by atoms with Gasteiger partial charge in [0, 0.05) is 7.05 Å². The molecule has 0 spiro atoms. The molecular weight excluding hydrogens is 182 g/mol. The fourth-order valence-electron chi connectivity index (χ4n) is 1.61. The zero-order chi connectivity index (χ0) is 10.3. The van der Waals surface area contributed by atoms with Crippen molar-refractivity contribution >= 4 is 5.97 Å². The van der Waals surface area contributed by atoms with Crippen LogP contribution in [0.3, 0.4) is 0 Å². The van der Waals surface area contributed by atoms with Crippen molar-refractivity contribution in [2.24, 2.45) is 7.05 Å². The largest absolute Gasteiger partial charge is 0.464 e. The van der Waals surface area contributed by atoms with E-state index >= 15 is 0 Å². The molecule has 1 aromatic heterocycles. The van der Waals surface area contributed by atoms with Gasteiger partial charge in [-0.15, -0.1) is 0 Å². The van der Waals surface area contributed by atoms with Gasteiger partial charge in [0.25, 0.3) is 0 Å². The van der Waals surface area contributed by atoms with E-state index in [4.69, 9.17) is 4.74 Å². The minimum atomic E-state index is -0.317. The van der Waals surface area contributed by atoms with Crippen LogP contribution >= 0.6 is 0 Å². The summed E-state index contributed by atoms with van der Waals surface area (Å²) in [6, 6.07) is 3.66. The van der Waals surface area contributed by atoms with E-state index in [0.29, 0.717) is 12.3 Å². The number of rotatable bonds is 2. The fourth-order valence-corrected chi connectivity index (χ4v) is 1.61. The molecule has 0 amide bonds. The predicted molar refractivity (Wildman–Crippen MR) is 50.1 cm³/mol. The molecule has 1 aliphatic heterocycles. The first-order chi connectivity index (χ1) is 6.58. The minimum absolute atomic E-state index is 0.207. The molecule has 0 N–H and O–H groups in total. The van der Waals surface area contributed by atoms with Gasteiger partial charge in [-0.25, -0.2) is 4.79 Å².